The molecule has 0 spiro atoms. The van der Waals surface area contributed by atoms with Gasteiger partial charge in [-0.05, 0) is 36.0 Å². The largest absolute Gasteiger partial charge is 0.379 e. The number of aryl methyl sites for hydroxylation is 1. The highest BCUT2D eigenvalue weighted by Gasteiger charge is 2.30. The molecule has 262 valence electrons. The molecule has 1 N–H and O–H groups in total. The van der Waals surface area contributed by atoms with Gasteiger partial charge in [0.25, 0.3) is 0 Å². The summed E-state index contributed by atoms with van der Waals surface area (Å²) < 4.78 is 52.2. The van der Waals surface area contributed by atoms with Crippen molar-refractivity contribution in [3.8, 4) is 11.3 Å². The number of anilines is 1. The summed E-state index contributed by atoms with van der Waals surface area (Å²) in [4.78, 5) is 22.7. The second-order valence-electron chi connectivity index (χ2n) is 12.4. The van der Waals surface area contributed by atoms with Crippen molar-refractivity contribution in [3.05, 3.63) is 107 Å². The number of hydrogen-bond acceptors (Lipinski definition) is 9. The monoisotopic (exact) mass is 724 g/mol. The molecule has 2 heterocycles. The number of morpholine rings is 1. The van der Waals surface area contributed by atoms with Crippen molar-refractivity contribution in [2.45, 2.75) is 29.8 Å². The van der Waals surface area contributed by atoms with Gasteiger partial charge in [-0.15, -0.1) is 11.3 Å². The van der Waals surface area contributed by atoms with Gasteiger partial charge in [-0.2, -0.15) is 0 Å². The molecule has 3 aromatic carbocycles. The molecule has 13 heteroatoms. The zero-order valence-corrected chi connectivity index (χ0v) is 30.4. The summed E-state index contributed by atoms with van der Waals surface area (Å²) >= 11 is 1.35. The maximum atomic E-state index is 13.8. The number of nitrogens with zero attached hydrogens (tertiary/aromatic N) is 3. The van der Waals surface area contributed by atoms with Crippen LogP contribution in [0.2, 0.25) is 0 Å². The standard InChI is InChI=1S/C36H44N4O6S3/c1-48(42,43)34(49(2,44)45)18-15-28-13-16-31(17-14-28)33-27-47-35(37-33)38-36(41)40(22-21-39-23-25-46-26-24-39)20-19-32(29-9-5-3-6-10-29)30-11-7-4-8-12-30/h3-14,16-17,27,32,34H,15,18-26H2,1-2H3,(H,37,38,41). The second-order valence-corrected chi connectivity index (χ2v) is 18.0. The maximum Gasteiger partial charge on any atom is 0.323 e. The average molecular weight is 725 g/mol. The van der Waals surface area contributed by atoms with Gasteiger partial charge in [0.2, 0.25) is 0 Å². The van der Waals surface area contributed by atoms with Crippen LogP contribution in [0.25, 0.3) is 11.3 Å². The molecular weight excluding hydrogens is 681 g/mol. The predicted molar refractivity (Wildman–Crippen MR) is 197 cm³/mol. The Morgan fingerprint density at radius 2 is 1.45 bits per heavy atom. The van der Waals surface area contributed by atoms with Gasteiger partial charge < -0.3 is 9.64 Å². The number of urea groups is 1. The summed E-state index contributed by atoms with van der Waals surface area (Å²) in [7, 11) is -7.49. The Labute approximate surface area is 294 Å². The molecule has 4 aromatic rings. The van der Waals surface area contributed by atoms with E-state index in [1.165, 1.54) is 22.5 Å². The van der Waals surface area contributed by atoms with E-state index in [2.05, 4.69) is 63.7 Å². The lowest BCUT2D eigenvalue weighted by atomic mass is 9.88. The summed E-state index contributed by atoms with van der Waals surface area (Å²) in [6.07, 6.45) is 2.96. The first-order chi connectivity index (χ1) is 23.5. The number of amides is 2. The molecule has 2 amide bonds. The molecule has 0 radical (unpaired) electrons. The fourth-order valence-corrected chi connectivity index (χ4v) is 10.4. The molecule has 1 fully saturated rings. The third-order valence-electron chi connectivity index (χ3n) is 8.76. The third kappa shape index (κ3) is 10.7. The molecule has 0 aliphatic carbocycles. The van der Waals surface area contributed by atoms with Crippen LogP contribution in [0.15, 0.2) is 90.3 Å². The minimum absolute atomic E-state index is 0.0105. The fraction of sp³-hybridized carbons (Fsp3) is 0.389. The lowest BCUT2D eigenvalue weighted by Crippen LogP contribution is -2.44. The first-order valence-corrected chi connectivity index (χ1v) is 21.1. The zero-order valence-electron chi connectivity index (χ0n) is 27.9. The minimum Gasteiger partial charge on any atom is -0.379 e. The second kappa shape index (κ2) is 16.9. The van der Waals surface area contributed by atoms with Gasteiger partial charge in [-0.3, -0.25) is 10.2 Å². The maximum absolute atomic E-state index is 13.8. The van der Waals surface area contributed by atoms with Crippen LogP contribution in [-0.4, -0.2) is 101 Å². The van der Waals surface area contributed by atoms with E-state index in [-0.39, 0.29) is 18.4 Å². The van der Waals surface area contributed by atoms with E-state index in [9.17, 15) is 21.6 Å². The summed E-state index contributed by atoms with van der Waals surface area (Å²) in [5.74, 6) is 0.138. The van der Waals surface area contributed by atoms with Crippen molar-refractivity contribution in [1.82, 2.24) is 14.8 Å². The molecule has 1 aliphatic heterocycles. The number of carbonyl (C=O) groups is 1. The Morgan fingerprint density at radius 1 is 0.857 bits per heavy atom. The van der Waals surface area contributed by atoms with Crippen LogP contribution in [0.5, 0.6) is 0 Å². The molecule has 0 atom stereocenters. The van der Waals surface area contributed by atoms with Crippen LogP contribution in [0.3, 0.4) is 0 Å². The Hall–Kier alpha value is -3.62. The van der Waals surface area contributed by atoms with Crippen LogP contribution in [-0.2, 0) is 30.8 Å². The smallest absolute Gasteiger partial charge is 0.323 e. The highest BCUT2D eigenvalue weighted by molar-refractivity contribution is 8.08. The number of thiazole rings is 1. The molecule has 49 heavy (non-hydrogen) atoms. The summed E-state index contributed by atoms with van der Waals surface area (Å²) in [5.41, 5.74) is 4.78. The van der Waals surface area contributed by atoms with E-state index in [1.54, 1.807) is 0 Å². The summed E-state index contributed by atoms with van der Waals surface area (Å²) in [5, 5.41) is 5.41. The van der Waals surface area contributed by atoms with Gasteiger partial charge in [0.1, 0.15) is 0 Å². The summed E-state index contributed by atoms with van der Waals surface area (Å²) in [6, 6.07) is 28.0. The van der Waals surface area contributed by atoms with Crippen molar-refractivity contribution in [2.24, 2.45) is 0 Å². The highest BCUT2D eigenvalue weighted by atomic mass is 32.3. The van der Waals surface area contributed by atoms with E-state index in [4.69, 9.17) is 4.74 Å². The Morgan fingerprint density at radius 3 is 2.02 bits per heavy atom. The normalized spacial score (nSPS) is 14.3. The van der Waals surface area contributed by atoms with Gasteiger partial charge in [-0.1, -0.05) is 84.9 Å². The van der Waals surface area contributed by atoms with Crippen LogP contribution >= 0.6 is 11.3 Å². The van der Waals surface area contributed by atoms with Crippen molar-refractivity contribution >= 4 is 42.2 Å². The fourth-order valence-electron chi connectivity index (χ4n) is 6.09. The highest BCUT2D eigenvalue weighted by Crippen LogP contribution is 2.29. The van der Waals surface area contributed by atoms with Crippen molar-refractivity contribution in [3.63, 3.8) is 0 Å². The first kappa shape index (κ1) is 36.7. The number of hydrogen-bond donors (Lipinski definition) is 1. The van der Waals surface area contributed by atoms with Gasteiger partial charge in [0.15, 0.2) is 29.4 Å². The first-order valence-electron chi connectivity index (χ1n) is 16.4. The van der Waals surface area contributed by atoms with Crippen molar-refractivity contribution in [1.29, 1.82) is 0 Å². The molecule has 5 rings (SSSR count). The van der Waals surface area contributed by atoms with Gasteiger partial charge >= 0.3 is 6.03 Å². The lowest BCUT2D eigenvalue weighted by molar-refractivity contribution is 0.0351. The molecule has 1 aromatic heterocycles. The van der Waals surface area contributed by atoms with Crippen LogP contribution in [0.1, 0.15) is 35.4 Å². The number of nitrogens with one attached hydrogen (secondary N) is 1. The van der Waals surface area contributed by atoms with Gasteiger partial charge in [0.05, 0.1) is 18.9 Å². The van der Waals surface area contributed by atoms with E-state index >= 15 is 0 Å². The number of rotatable bonds is 15. The van der Waals surface area contributed by atoms with E-state index in [0.29, 0.717) is 43.5 Å². The van der Waals surface area contributed by atoms with E-state index in [0.717, 1.165) is 49.7 Å². The Kier molecular flexibility index (Phi) is 12.6. The number of aromatic nitrogens is 1. The SMILES string of the molecule is CS(=O)(=O)C(CCc1ccc(-c2csc(NC(=O)N(CCC(c3ccccc3)c3ccccc3)CCN3CCOCC3)n2)cc1)S(C)(=O)=O. The van der Waals surface area contributed by atoms with Gasteiger partial charge in [0, 0.05) is 62.1 Å². The quantitative estimate of drug-likeness (QED) is 0.169. The number of ether oxygens (including phenoxy) is 1. The van der Waals surface area contributed by atoms with E-state index in [1.807, 2.05) is 46.7 Å². The molecular formula is C36H44N4O6S3. The average Bonchev–Trinajstić information content (AvgIpc) is 3.55. The zero-order chi connectivity index (χ0) is 34.9. The lowest BCUT2D eigenvalue weighted by Gasteiger charge is -2.31. The molecule has 0 unspecified atom stereocenters. The number of carbonyl (C=O) groups excluding carboxylic acids is 1. The Bertz CT molecular complexity index is 1790. The van der Waals surface area contributed by atoms with Crippen molar-refractivity contribution in [2.75, 3.05) is 63.8 Å². The minimum atomic E-state index is -3.74. The van der Waals surface area contributed by atoms with E-state index < -0.39 is 24.3 Å². The molecule has 1 aliphatic rings. The predicted octanol–water partition coefficient (Wildman–Crippen LogP) is 5.55. The van der Waals surface area contributed by atoms with Crippen LogP contribution in [0, 0.1) is 0 Å². The Balaban J connectivity index is 1.25. The van der Waals surface area contributed by atoms with Crippen LogP contribution < -0.4 is 5.32 Å². The molecule has 0 bridgehead atoms. The molecule has 1 saturated heterocycles. The van der Waals surface area contributed by atoms with Crippen LogP contribution in [0.4, 0.5) is 9.93 Å². The molecule has 10 nitrogen and oxygen atoms in total. The molecule has 0 saturated carbocycles. The topological polar surface area (TPSA) is 126 Å². The van der Waals surface area contributed by atoms with Gasteiger partial charge in [-0.25, -0.2) is 26.6 Å². The van der Waals surface area contributed by atoms with Crippen molar-refractivity contribution < 1.29 is 26.4 Å². The number of benzene rings is 3. The summed E-state index contributed by atoms with van der Waals surface area (Å²) in [6.45, 7) is 4.96. The number of sulfone groups is 2. The third-order valence-corrected chi connectivity index (χ3v) is 14.0.